The number of anilines is 1. The summed E-state index contributed by atoms with van der Waals surface area (Å²) in [4.78, 5) is 11.2. The number of carbonyl (C=O) groups excluding carboxylic acids is 1. The first kappa shape index (κ1) is 10.6. The summed E-state index contributed by atoms with van der Waals surface area (Å²) >= 11 is 5.69. The van der Waals surface area contributed by atoms with Gasteiger partial charge in [-0.25, -0.2) is 0 Å². The van der Waals surface area contributed by atoms with Crippen molar-refractivity contribution in [3.8, 4) is 12.3 Å². The third-order valence-corrected chi connectivity index (χ3v) is 1.88. The summed E-state index contributed by atoms with van der Waals surface area (Å²) in [5, 5.41) is 3.36. The SMILES string of the molecule is C#CCCC(=O)Nc1ccc(Cl)cc1. The molecule has 1 aromatic rings. The molecule has 14 heavy (non-hydrogen) atoms. The van der Waals surface area contributed by atoms with Crippen LogP contribution in [-0.4, -0.2) is 5.91 Å². The van der Waals surface area contributed by atoms with Gasteiger partial charge in [-0.15, -0.1) is 12.3 Å². The third-order valence-electron chi connectivity index (χ3n) is 1.62. The lowest BCUT2D eigenvalue weighted by Crippen LogP contribution is -2.10. The summed E-state index contributed by atoms with van der Waals surface area (Å²) in [6.45, 7) is 0. The number of rotatable bonds is 3. The standard InChI is InChI=1S/C11H10ClNO/c1-2-3-4-11(14)13-10-7-5-9(12)6-8-10/h1,5-8H,3-4H2,(H,13,14). The van der Waals surface area contributed by atoms with E-state index in [1.165, 1.54) is 0 Å². The van der Waals surface area contributed by atoms with E-state index in [1.54, 1.807) is 24.3 Å². The molecule has 0 fully saturated rings. The van der Waals surface area contributed by atoms with Crippen LogP contribution in [-0.2, 0) is 4.79 Å². The molecule has 1 amide bonds. The number of hydrogen-bond acceptors (Lipinski definition) is 1. The van der Waals surface area contributed by atoms with Crippen molar-refractivity contribution in [3.63, 3.8) is 0 Å². The Labute approximate surface area is 88.3 Å². The van der Waals surface area contributed by atoms with Crippen LogP contribution in [0.25, 0.3) is 0 Å². The van der Waals surface area contributed by atoms with E-state index in [-0.39, 0.29) is 5.91 Å². The Bertz CT molecular complexity index is 351. The summed E-state index contributed by atoms with van der Waals surface area (Å²) in [5.74, 6) is 2.33. The second-order valence-electron chi connectivity index (χ2n) is 2.76. The molecule has 3 heteroatoms. The molecule has 0 aliphatic carbocycles. The van der Waals surface area contributed by atoms with E-state index in [1.807, 2.05) is 0 Å². The number of benzene rings is 1. The predicted molar refractivity (Wildman–Crippen MR) is 58.1 cm³/mol. The summed E-state index contributed by atoms with van der Waals surface area (Å²) in [5.41, 5.74) is 0.733. The highest BCUT2D eigenvalue weighted by Crippen LogP contribution is 2.13. The van der Waals surface area contributed by atoms with Crippen molar-refractivity contribution in [3.05, 3.63) is 29.3 Å². The fraction of sp³-hybridized carbons (Fsp3) is 0.182. The van der Waals surface area contributed by atoms with Crippen LogP contribution in [0.4, 0.5) is 5.69 Å². The van der Waals surface area contributed by atoms with Crippen molar-refractivity contribution >= 4 is 23.2 Å². The molecule has 0 aliphatic heterocycles. The molecule has 0 atom stereocenters. The van der Waals surface area contributed by atoms with Crippen molar-refractivity contribution in [1.82, 2.24) is 0 Å². The Kier molecular flexibility index (Phi) is 4.03. The fourth-order valence-corrected chi connectivity index (χ4v) is 1.07. The van der Waals surface area contributed by atoms with E-state index in [2.05, 4.69) is 11.2 Å². The van der Waals surface area contributed by atoms with Gasteiger partial charge in [-0.2, -0.15) is 0 Å². The van der Waals surface area contributed by atoms with Crippen molar-refractivity contribution in [2.45, 2.75) is 12.8 Å². The molecule has 0 aromatic heterocycles. The average molecular weight is 208 g/mol. The number of hydrogen-bond donors (Lipinski definition) is 1. The second-order valence-corrected chi connectivity index (χ2v) is 3.20. The van der Waals surface area contributed by atoms with Gasteiger partial charge in [0, 0.05) is 23.6 Å². The zero-order chi connectivity index (χ0) is 10.4. The lowest BCUT2D eigenvalue weighted by Gasteiger charge is -2.03. The Morgan fingerprint density at radius 3 is 2.64 bits per heavy atom. The molecule has 1 rings (SSSR count). The molecule has 1 N–H and O–H groups in total. The van der Waals surface area contributed by atoms with Crippen LogP contribution in [0.15, 0.2) is 24.3 Å². The average Bonchev–Trinajstić information content (AvgIpc) is 2.18. The zero-order valence-corrected chi connectivity index (χ0v) is 8.34. The molecule has 0 unspecified atom stereocenters. The summed E-state index contributed by atoms with van der Waals surface area (Å²) in [7, 11) is 0. The third kappa shape index (κ3) is 3.51. The Morgan fingerprint density at radius 2 is 2.07 bits per heavy atom. The molecule has 0 radical (unpaired) electrons. The maximum Gasteiger partial charge on any atom is 0.225 e. The van der Waals surface area contributed by atoms with Crippen molar-refractivity contribution < 1.29 is 4.79 Å². The van der Waals surface area contributed by atoms with Gasteiger partial charge in [-0.1, -0.05) is 11.6 Å². The number of carbonyl (C=O) groups is 1. The normalized spacial score (nSPS) is 9.14. The lowest BCUT2D eigenvalue weighted by atomic mass is 10.3. The summed E-state index contributed by atoms with van der Waals surface area (Å²) < 4.78 is 0. The van der Waals surface area contributed by atoms with Gasteiger partial charge in [0.15, 0.2) is 0 Å². The van der Waals surface area contributed by atoms with Gasteiger partial charge in [-0.3, -0.25) is 4.79 Å². The Hall–Kier alpha value is -1.46. The van der Waals surface area contributed by atoms with Gasteiger partial charge in [0.1, 0.15) is 0 Å². The van der Waals surface area contributed by atoms with Crippen LogP contribution in [0.3, 0.4) is 0 Å². The molecule has 72 valence electrons. The molecule has 0 aliphatic rings. The largest absolute Gasteiger partial charge is 0.326 e. The molecule has 2 nitrogen and oxygen atoms in total. The van der Waals surface area contributed by atoms with Crippen LogP contribution in [0.5, 0.6) is 0 Å². The quantitative estimate of drug-likeness (QED) is 0.759. The monoisotopic (exact) mass is 207 g/mol. The highest BCUT2D eigenvalue weighted by molar-refractivity contribution is 6.30. The summed E-state index contributed by atoms with van der Waals surface area (Å²) in [6.07, 6.45) is 5.85. The van der Waals surface area contributed by atoms with Crippen molar-refractivity contribution in [1.29, 1.82) is 0 Å². The van der Waals surface area contributed by atoms with Crippen LogP contribution in [0, 0.1) is 12.3 Å². The maximum absolute atomic E-state index is 11.2. The van der Waals surface area contributed by atoms with Crippen molar-refractivity contribution in [2.24, 2.45) is 0 Å². The predicted octanol–water partition coefficient (Wildman–Crippen LogP) is 2.69. The van der Waals surface area contributed by atoms with E-state index in [0.717, 1.165) is 5.69 Å². The first-order chi connectivity index (χ1) is 6.72. The van der Waals surface area contributed by atoms with Gasteiger partial charge >= 0.3 is 0 Å². The minimum Gasteiger partial charge on any atom is -0.326 e. The number of nitrogens with one attached hydrogen (secondary N) is 1. The lowest BCUT2D eigenvalue weighted by molar-refractivity contribution is -0.116. The zero-order valence-electron chi connectivity index (χ0n) is 7.59. The minimum atomic E-state index is -0.0785. The molecule has 0 spiro atoms. The van der Waals surface area contributed by atoms with Crippen LogP contribution >= 0.6 is 11.6 Å². The molecule has 1 aromatic carbocycles. The Balaban J connectivity index is 2.49. The molecule has 0 heterocycles. The first-order valence-corrected chi connectivity index (χ1v) is 4.59. The van der Waals surface area contributed by atoms with Crippen LogP contribution in [0.1, 0.15) is 12.8 Å². The highest BCUT2D eigenvalue weighted by Gasteiger charge is 2.00. The van der Waals surface area contributed by atoms with Crippen molar-refractivity contribution in [2.75, 3.05) is 5.32 Å². The van der Waals surface area contributed by atoms with E-state index >= 15 is 0 Å². The molecule has 0 saturated heterocycles. The molecule has 0 saturated carbocycles. The number of terminal acetylenes is 1. The Morgan fingerprint density at radius 1 is 1.43 bits per heavy atom. The van der Waals surface area contributed by atoms with Gasteiger partial charge in [0.25, 0.3) is 0 Å². The minimum absolute atomic E-state index is 0.0785. The van der Waals surface area contributed by atoms with E-state index in [0.29, 0.717) is 17.9 Å². The fourth-order valence-electron chi connectivity index (χ4n) is 0.942. The van der Waals surface area contributed by atoms with E-state index < -0.39 is 0 Å². The topological polar surface area (TPSA) is 29.1 Å². The van der Waals surface area contributed by atoms with Crippen LogP contribution < -0.4 is 5.32 Å². The second kappa shape index (κ2) is 5.31. The smallest absolute Gasteiger partial charge is 0.225 e. The first-order valence-electron chi connectivity index (χ1n) is 4.21. The maximum atomic E-state index is 11.2. The van der Waals surface area contributed by atoms with Gasteiger partial charge < -0.3 is 5.32 Å². The van der Waals surface area contributed by atoms with E-state index in [9.17, 15) is 4.79 Å². The summed E-state index contributed by atoms with van der Waals surface area (Å²) in [6, 6.07) is 6.93. The highest BCUT2D eigenvalue weighted by atomic mass is 35.5. The van der Waals surface area contributed by atoms with Gasteiger partial charge in [-0.05, 0) is 24.3 Å². The molecular weight excluding hydrogens is 198 g/mol. The molecule has 0 bridgehead atoms. The van der Waals surface area contributed by atoms with Gasteiger partial charge in [0.05, 0.1) is 0 Å². The van der Waals surface area contributed by atoms with E-state index in [4.69, 9.17) is 18.0 Å². The van der Waals surface area contributed by atoms with Gasteiger partial charge in [0.2, 0.25) is 5.91 Å². The van der Waals surface area contributed by atoms with Crippen LogP contribution in [0.2, 0.25) is 5.02 Å². The number of amides is 1. The number of halogens is 1. The molecular formula is C11H10ClNO.